The highest BCUT2D eigenvalue weighted by Crippen LogP contribution is 2.33. The van der Waals surface area contributed by atoms with E-state index in [2.05, 4.69) is 4.99 Å². The summed E-state index contributed by atoms with van der Waals surface area (Å²) in [5.74, 6) is 0.0475. The van der Waals surface area contributed by atoms with Crippen LogP contribution in [0.3, 0.4) is 0 Å². The number of thioether (sulfide) groups is 1. The normalized spacial score (nSPS) is 18.1. The number of ether oxygens (including phenoxy) is 2. The van der Waals surface area contributed by atoms with Crippen molar-refractivity contribution in [3.05, 3.63) is 65.6 Å². The summed E-state index contributed by atoms with van der Waals surface area (Å²) in [7, 11) is 0. The van der Waals surface area contributed by atoms with Crippen LogP contribution >= 0.6 is 11.8 Å². The van der Waals surface area contributed by atoms with E-state index in [-0.39, 0.29) is 23.3 Å². The van der Waals surface area contributed by atoms with Crippen molar-refractivity contribution < 1.29 is 23.5 Å². The van der Waals surface area contributed by atoms with E-state index in [1.54, 1.807) is 47.4 Å². The Morgan fingerprint density at radius 2 is 1.83 bits per heavy atom. The molecule has 2 aliphatic heterocycles. The molecule has 35 heavy (non-hydrogen) atoms. The van der Waals surface area contributed by atoms with Crippen molar-refractivity contribution >= 4 is 40.5 Å². The molecule has 7 nitrogen and oxygen atoms in total. The van der Waals surface area contributed by atoms with E-state index >= 15 is 0 Å². The molecule has 0 spiro atoms. The van der Waals surface area contributed by atoms with E-state index in [1.165, 1.54) is 28.8 Å². The van der Waals surface area contributed by atoms with Gasteiger partial charge in [0, 0.05) is 13.1 Å². The number of halogens is 1. The fourth-order valence-corrected chi connectivity index (χ4v) is 4.92. The topological polar surface area (TPSA) is 71.4 Å². The van der Waals surface area contributed by atoms with Crippen LogP contribution in [-0.2, 0) is 14.3 Å². The minimum absolute atomic E-state index is 0.0126. The number of carbonyl (C=O) groups is 2. The largest absolute Gasteiger partial charge is 0.494 e. The van der Waals surface area contributed by atoms with Gasteiger partial charge in [0.05, 0.1) is 30.8 Å². The van der Waals surface area contributed by atoms with Gasteiger partial charge in [0.25, 0.3) is 5.91 Å². The maximum Gasteiger partial charge on any atom is 0.283 e. The van der Waals surface area contributed by atoms with Crippen LogP contribution in [0.15, 0.2) is 59.2 Å². The molecule has 0 radical (unpaired) electrons. The Bertz CT molecular complexity index is 1110. The van der Waals surface area contributed by atoms with Crippen LogP contribution in [0.25, 0.3) is 6.08 Å². The van der Waals surface area contributed by atoms with Crippen molar-refractivity contribution in [2.45, 2.75) is 25.5 Å². The van der Waals surface area contributed by atoms with Crippen molar-refractivity contribution in [1.29, 1.82) is 0 Å². The monoisotopic (exact) mass is 497 g/mol. The first-order chi connectivity index (χ1) is 17.0. The summed E-state index contributed by atoms with van der Waals surface area (Å²) < 4.78 is 24.2. The lowest BCUT2D eigenvalue weighted by Crippen LogP contribution is -2.45. The predicted molar refractivity (Wildman–Crippen MR) is 136 cm³/mol. The number of amides is 2. The highest BCUT2D eigenvalue weighted by molar-refractivity contribution is 8.15. The van der Waals surface area contributed by atoms with Gasteiger partial charge in [-0.25, -0.2) is 9.38 Å². The van der Waals surface area contributed by atoms with Crippen LogP contribution in [-0.4, -0.2) is 60.0 Å². The maximum absolute atomic E-state index is 13.5. The Kier molecular flexibility index (Phi) is 8.20. The van der Waals surface area contributed by atoms with Gasteiger partial charge in [-0.2, -0.15) is 0 Å². The Morgan fingerprint density at radius 3 is 2.46 bits per heavy atom. The minimum atomic E-state index is -0.394. The van der Waals surface area contributed by atoms with Crippen molar-refractivity contribution in [3.63, 3.8) is 0 Å². The number of aliphatic imine (C=N–C) groups is 1. The Balaban J connectivity index is 1.64. The summed E-state index contributed by atoms with van der Waals surface area (Å²) in [4.78, 5) is 34.6. The molecule has 0 bridgehead atoms. The smallest absolute Gasteiger partial charge is 0.283 e. The molecule has 184 valence electrons. The van der Waals surface area contributed by atoms with Crippen molar-refractivity contribution in [2.24, 2.45) is 4.99 Å². The highest BCUT2D eigenvalue weighted by Gasteiger charge is 2.36. The predicted octanol–water partition coefficient (Wildman–Crippen LogP) is 4.34. The quantitative estimate of drug-likeness (QED) is 0.533. The second kappa shape index (κ2) is 11.5. The van der Waals surface area contributed by atoms with Gasteiger partial charge in [0.15, 0.2) is 5.17 Å². The number of rotatable bonds is 7. The molecule has 2 aliphatic rings. The van der Waals surface area contributed by atoms with Gasteiger partial charge >= 0.3 is 0 Å². The third-order valence-electron chi connectivity index (χ3n) is 5.63. The zero-order chi connectivity index (χ0) is 24.8. The van der Waals surface area contributed by atoms with Gasteiger partial charge in [0.2, 0.25) is 5.91 Å². The minimum Gasteiger partial charge on any atom is -0.494 e. The standard InChI is InChI=1S/C26H28FN3O4S/c1-3-23(25(32)29-13-15-33-16-14-29)35-26-28-22(17-18-5-7-19(27)8-6-18)24(31)30(26)20-9-11-21(12-10-20)34-4-2/h5-12,17,23H,3-4,13-16H2,1-2H3/b22-17-/t23-/m0/s1. The second-order valence-corrected chi connectivity index (χ2v) is 9.17. The first-order valence-corrected chi connectivity index (χ1v) is 12.5. The lowest BCUT2D eigenvalue weighted by molar-refractivity contribution is -0.134. The first-order valence-electron chi connectivity index (χ1n) is 11.7. The second-order valence-electron chi connectivity index (χ2n) is 8.00. The number of hydrogen-bond donors (Lipinski definition) is 0. The number of hydrogen-bond acceptors (Lipinski definition) is 6. The van der Waals surface area contributed by atoms with E-state index in [4.69, 9.17) is 9.47 Å². The fourth-order valence-electron chi connectivity index (χ4n) is 3.80. The van der Waals surface area contributed by atoms with Crippen molar-refractivity contribution in [2.75, 3.05) is 37.8 Å². The van der Waals surface area contributed by atoms with Crippen LogP contribution in [0.1, 0.15) is 25.8 Å². The Labute approximate surface area is 208 Å². The summed E-state index contributed by atoms with van der Waals surface area (Å²) >= 11 is 1.28. The molecule has 4 rings (SSSR count). The third-order valence-corrected chi connectivity index (χ3v) is 6.93. The number of morpholine rings is 1. The molecule has 1 saturated heterocycles. The molecule has 2 aromatic carbocycles. The van der Waals surface area contributed by atoms with E-state index in [0.29, 0.717) is 61.5 Å². The zero-order valence-corrected chi connectivity index (χ0v) is 20.6. The SMILES string of the molecule is CCOc1ccc(N2C(=O)/C(=C/c3ccc(F)cc3)N=C2S[C@@H](CC)C(=O)N2CCOCC2)cc1. The molecule has 0 saturated carbocycles. The van der Waals surface area contributed by atoms with Crippen LogP contribution in [0.2, 0.25) is 0 Å². The molecule has 0 N–H and O–H groups in total. The van der Waals surface area contributed by atoms with E-state index in [1.807, 2.05) is 13.8 Å². The molecule has 1 atom stereocenters. The van der Waals surface area contributed by atoms with Gasteiger partial charge in [-0.05, 0) is 61.4 Å². The third kappa shape index (κ3) is 5.91. The van der Waals surface area contributed by atoms with Crippen LogP contribution in [0.4, 0.5) is 10.1 Å². The lowest BCUT2D eigenvalue weighted by atomic mass is 10.2. The molecule has 2 heterocycles. The summed E-state index contributed by atoms with van der Waals surface area (Å²) in [6.45, 7) is 6.55. The average Bonchev–Trinajstić information content (AvgIpc) is 3.19. The van der Waals surface area contributed by atoms with E-state index in [9.17, 15) is 14.0 Å². The molecule has 0 unspecified atom stereocenters. The lowest BCUT2D eigenvalue weighted by Gasteiger charge is -2.30. The van der Waals surface area contributed by atoms with Crippen molar-refractivity contribution in [3.8, 4) is 5.75 Å². The van der Waals surface area contributed by atoms with Crippen molar-refractivity contribution in [1.82, 2.24) is 4.90 Å². The highest BCUT2D eigenvalue weighted by atomic mass is 32.2. The molecule has 2 amide bonds. The van der Waals surface area contributed by atoms with E-state index < -0.39 is 5.25 Å². The maximum atomic E-state index is 13.5. The molecule has 9 heteroatoms. The molecule has 0 aliphatic carbocycles. The van der Waals surface area contributed by atoms with E-state index in [0.717, 1.165) is 0 Å². The Morgan fingerprint density at radius 1 is 1.14 bits per heavy atom. The summed E-state index contributed by atoms with van der Waals surface area (Å²) in [5.41, 5.74) is 1.51. The van der Waals surface area contributed by atoms with Crippen LogP contribution in [0, 0.1) is 5.82 Å². The molecule has 2 aromatic rings. The number of amidine groups is 1. The number of benzene rings is 2. The number of carbonyl (C=O) groups excluding carboxylic acids is 2. The van der Waals surface area contributed by atoms with Crippen LogP contribution < -0.4 is 9.64 Å². The van der Waals surface area contributed by atoms with Gasteiger partial charge in [-0.3, -0.25) is 14.5 Å². The zero-order valence-electron chi connectivity index (χ0n) is 19.8. The number of anilines is 1. The average molecular weight is 498 g/mol. The van der Waals surface area contributed by atoms with Gasteiger partial charge < -0.3 is 14.4 Å². The summed E-state index contributed by atoms with van der Waals surface area (Å²) in [6.07, 6.45) is 2.21. The number of nitrogens with zero attached hydrogens (tertiary/aromatic N) is 3. The molecule has 0 aromatic heterocycles. The molecule has 1 fully saturated rings. The summed E-state index contributed by atoms with van der Waals surface area (Å²) in [6, 6.07) is 13.0. The molecular formula is C26H28FN3O4S. The van der Waals surface area contributed by atoms with Gasteiger partial charge in [-0.15, -0.1) is 0 Å². The first kappa shape index (κ1) is 24.9. The van der Waals surface area contributed by atoms with Gasteiger partial charge in [-0.1, -0.05) is 30.8 Å². The summed E-state index contributed by atoms with van der Waals surface area (Å²) in [5, 5.41) is 0.0380. The fraction of sp³-hybridized carbons (Fsp3) is 0.346. The van der Waals surface area contributed by atoms with Gasteiger partial charge in [0.1, 0.15) is 17.3 Å². The molecular weight excluding hydrogens is 469 g/mol. The van der Waals surface area contributed by atoms with Crippen LogP contribution in [0.5, 0.6) is 5.75 Å². The Hall–Kier alpha value is -3.17.